The van der Waals surface area contributed by atoms with Gasteiger partial charge in [0, 0.05) is 0 Å². The van der Waals surface area contributed by atoms with Crippen LogP contribution >= 0.6 is 0 Å². The van der Waals surface area contributed by atoms with E-state index >= 15 is 0 Å². The van der Waals surface area contributed by atoms with Crippen molar-refractivity contribution in [3.8, 4) is 18.2 Å². The standard InChI is InChI=1S/C12H9N3/c1-8(2)12-10(6-14)3-9(5-13)4-11(12)7-15/h3-4,8H,1-2H3. The third-order valence-corrected chi connectivity index (χ3v) is 2.13. The van der Waals surface area contributed by atoms with Crippen LogP contribution in [0.4, 0.5) is 0 Å². The Morgan fingerprint density at radius 3 is 1.67 bits per heavy atom. The molecular formula is C12H9N3. The largest absolute Gasteiger partial charge is 0.192 e. The zero-order valence-corrected chi connectivity index (χ0v) is 8.57. The van der Waals surface area contributed by atoms with Gasteiger partial charge in [-0.15, -0.1) is 0 Å². The van der Waals surface area contributed by atoms with Gasteiger partial charge in [-0.05, 0) is 23.6 Å². The highest BCUT2D eigenvalue weighted by Crippen LogP contribution is 2.24. The van der Waals surface area contributed by atoms with Crippen molar-refractivity contribution in [1.29, 1.82) is 15.8 Å². The molecule has 0 saturated carbocycles. The normalized spacial score (nSPS) is 9.07. The molecule has 0 N–H and O–H groups in total. The molecule has 0 heterocycles. The minimum absolute atomic E-state index is 0.0991. The van der Waals surface area contributed by atoms with E-state index in [-0.39, 0.29) is 5.92 Å². The Hall–Kier alpha value is -2.31. The molecule has 0 atom stereocenters. The van der Waals surface area contributed by atoms with Crippen molar-refractivity contribution in [2.24, 2.45) is 0 Å². The third-order valence-electron chi connectivity index (χ3n) is 2.13. The van der Waals surface area contributed by atoms with Gasteiger partial charge < -0.3 is 0 Å². The summed E-state index contributed by atoms with van der Waals surface area (Å²) in [6.45, 7) is 3.84. The molecule has 3 nitrogen and oxygen atoms in total. The quantitative estimate of drug-likeness (QED) is 0.690. The fourth-order valence-corrected chi connectivity index (χ4v) is 1.52. The second-order valence-electron chi connectivity index (χ2n) is 3.48. The fourth-order valence-electron chi connectivity index (χ4n) is 1.52. The molecule has 3 heteroatoms. The average Bonchev–Trinajstić information content (AvgIpc) is 2.26. The first-order valence-corrected chi connectivity index (χ1v) is 4.52. The molecule has 0 aliphatic heterocycles. The van der Waals surface area contributed by atoms with Gasteiger partial charge in [0.05, 0.1) is 34.9 Å². The molecule has 0 aromatic heterocycles. The van der Waals surface area contributed by atoms with E-state index in [1.807, 2.05) is 32.1 Å². The second kappa shape index (κ2) is 4.27. The van der Waals surface area contributed by atoms with E-state index in [9.17, 15) is 0 Å². The van der Waals surface area contributed by atoms with E-state index in [0.29, 0.717) is 16.7 Å². The molecule has 0 amide bonds. The summed E-state index contributed by atoms with van der Waals surface area (Å²) >= 11 is 0. The molecule has 1 rings (SSSR count). The molecule has 0 radical (unpaired) electrons. The minimum Gasteiger partial charge on any atom is -0.192 e. The Morgan fingerprint density at radius 2 is 1.40 bits per heavy atom. The zero-order chi connectivity index (χ0) is 11.4. The predicted octanol–water partition coefficient (Wildman–Crippen LogP) is 2.43. The summed E-state index contributed by atoms with van der Waals surface area (Å²) in [5.41, 5.74) is 1.91. The molecule has 0 bridgehead atoms. The summed E-state index contributed by atoms with van der Waals surface area (Å²) < 4.78 is 0. The maximum Gasteiger partial charge on any atom is 0.0995 e. The van der Waals surface area contributed by atoms with Crippen LogP contribution in [0.1, 0.15) is 42.0 Å². The Balaban J connectivity index is 3.59. The van der Waals surface area contributed by atoms with Gasteiger partial charge in [-0.1, -0.05) is 13.8 Å². The van der Waals surface area contributed by atoms with Crippen LogP contribution in [0.3, 0.4) is 0 Å². The van der Waals surface area contributed by atoms with Gasteiger partial charge in [0.1, 0.15) is 0 Å². The maximum atomic E-state index is 8.94. The van der Waals surface area contributed by atoms with E-state index in [1.165, 1.54) is 12.1 Å². The summed E-state index contributed by atoms with van der Waals surface area (Å²) in [4.78, 5) is 0. The van der Waals surface area contributed by atoms with Crippen LogP contribution in [0.25, 0.3) is 0 Å². The van der Waals surface area contributed by atoms with Crippen LogP contribution in [0.5, 0.6) is 0 Å². The smallest absolute Gasteiger partial charge is 0.0995 e. The molecule has 0 spiro atoms. The monoisotopic (exact) mass is 195 g/mol. The molecule has 1 aromatic carbocycles. The number of rotatable bonds is 1. The Morgan fingerprint density at radius 1 is 0.933 bits per heavy atom. The lowest BCUT2D eigenvalue weighted by molar-refractivity contribution is 0.858. The van der Waals surface area contributed by atoms with Crippen LogP contribution in [-0.2, 0) is 0 Å². The summed E-state index contributed by atoms with van der Waals surface area (Å²) in [6.07, 6.45) is 0. The Bertz CT molecular complexity index is 472. The molecule has 1 aromatic rings. The first kappa shape index (κ1) is 10.8. The van der Waals surface area contributed by atoms with Crippen LogP contribution < -0.4 is 0 Å². The van der Waals surface area contributed by atoms with Crippen molar-refractivity contribution < 1.29 is 0 Å². The summed E-state index contributed by atoms with van der Waals surface area (Å²) in [7, 11) is 0. The summed E-state index contributed by atoms with van der Waals surface area (Å²) in [5.74, 6) is 0.0991. The van der Waals surface area contributed by atoms with Crippen LogP contribution in [-0.4, -0.2) is 0 Å². The Labute approximate surface area is 88.8 Å². The average molecular weight is 195 g/mol. The number of benzene rings is 1. The van der Waals surface area contributed by atoms with E-state index in [4.69, 9.17) is 15.8 Å². The lowest BCUT2D eigenvalue weighted by Crippen LogP contribution is -1.98. The van der Waals surface area contributed by atoms with Crippen molar-refractivity contribution in [2.75, 3.05) is 0 Å². The number of nitriles is 3. The first-order valence-electron chi connectivity index (χ1n) is 4.52. The summed E-state index contributed by atoms with van der Waals surface area (Å²) in [6, 6.07) is 9.04. The lowest BCUT2D eigenvalue weighted by atomic mass is 9.91. The van der Waals surface area contributed by atoms with Crippen molar-refractivity contribution >= 4 is 0 Å². The molecule has 0 saturated heterocycles. The topological polar surface area (TPSA) is 71.4 Å². The van der Waals surface area contributed by atoms with Gasteiger partial charge in [0.15, 0.2) is 0 Å². The molecular weight excluding hydrogens is 186 g/mol. The lowest BCUT2D eigenvalue weighted by Gasteiger charge is -2.10. The second-order valence-corrected chi connectivity index (χ2v) is 3.48. The van der Waals surface area contributed by atoms with Crippen LogP contribution in [0.15, 0.2) is 12.1 Å². The molecule has 0 fully saturated rings. The highest BCUT2D eigenvalue weighted by atomic mass is 14.3. The number of hydrogen-bond acceptors (Lipinski definition) is 3. The van der Waals surface area contributed by atoms with Crippen LogP contribution in [0.2, 0.25) is 0 Å². The van der Waals surface area contributed by atoms with Gasteiger partial charge >= 0.3 is 0 Å². The predicted molar refractivity (Wildman–Crippen MR) is 54.7 cm³/mol. The SMILES string of the molecule is CC(C)c1c(C#N)cc(C#N)cc1C#N. The van der Waals surface area contributed by atoms with E-state index < -0.39 is 0 Å². The highest BCUT2D eigenvalue weighted by Gasteiger charge is 2.13. The van der Waals surface area contributed by atoms with Crippen molar-refractivity contribution in [3.63, 3.8) is 0 Å². The molecule has 0 aliphatic rings. The number of hydrogen-bond donors (Lipinski definition) is 0. The molecule has 72 valence electrons. The van der Waals surface area contributed by atoms with E-state index in [2.05, 4.69) is 0 Å². The summed E-state index contributed by atoms with van der Waals surface area (Å²) in [5, 5.41) is 26.6. The van der Waals surface area contributed by atoms with Gasteiger partial charge in [-0.2, -0.15) is 15.8 Å². The molecule has 0 aliphatic carbocycles. The molecule has 0 unspecified atom stereocenters. The van der Waals surface area contributed by atoms with E-state index in [1.54, 1.807) is 0 Å². The van der Waals surface area contributed by atoms with Crippen molar-refractivity contribution in [1.82, 2.24) is 0 Å². The first-order chi connectivity index (χ1) is 7.13. The van der Waals surface area contributed by atoms with Crippen molar-refractivity contribution in [3.05, 3.63) is 34.4 Å². The van der Waals surface area contributed by atoms with Crippen molar-refractivity contribution in [2.45, 2.75) is 19.8 Å². The van der Waals surface area contributed by atoms with E-state index in [0.717, 1.165) is 5.56 Å². The number of nitrogens with zero attached hydrogens (tertiary/aromatic N) is 3. The van der Waals surface area contributed by atoms with Gasteiger partial charge in [-0.3, -0.25) is 0 Å². The minimum atomic E-state index is 0.0991. The third kappa shape index (κ3) is 1.96. The molecule has 15 heavy (non-hydrogen) atoms. The van der Waals surface area contributed by atoms with Gasteiger partial charge in [0.2, 0.25) is 0 Å². The zero-order valence-electron chi connectivity index (χ0n) is 8.57. The highest BCUT2D eigenvalue weighted by molar-refractivity contribution is 5.54. The maximum absolute atomic E-state index is 8.94. The van der Waals surface area contributed by atoms with Gasteiger partial charge in [-0.25, -0.2) is 0 Å². The van der Waals surface area contributed by atoms with Gasteiger partial charge in [0.25, 0.3) is 0 Å². The fraction of sp³-hybridized carbons (Fsp3) is 0.250. The van der Waals surface area contributed by atoms with Crippen LogP contribution in [0, 0.1) is 34.0 Å². The Kier molecular flexibility index (Phi) is 3.06.